The van der Waals surface area contributed by atoms with Gasteiger partial charge in [-0.2, -0.15) is 0 Å². The van der Waals surface area contributed by atoms with Gasteiger partial charge in [-0.15, -0.1) is 0 Å². The lowest BCUT2D eigenvalue weighted by atomic mass is 10.2. The van der Waals surface area contributed by atoms with Gasteiger partial charge in [-0.25, -0.2) is 0 Å². The highest BCUT2D eigenvalue weighted by atomic mass is 16.1. The van der Waals surface area contributed by atoms with Crippen molar-refractivity contribution in [2.24, 2.45) is 5.73 Å². The third-order valence-corrected chi connectivity index (χ3v) is 2.84. The molecule has 2 rings (SSSR count). The quantitative estimate of drug-likeness (QED) is 0.736. The minimum Gasteiger partial charge on any atom is -0.369 e. The van der Waals surface area contributed by atoms with E-state index in [1.807, 2.05) is 12.1 Å². The molecule has 1 aromatic carbocycles. The zero-order valence-corrected chi connectivity index (χ0v) is 10.3. The molecule has 1 saturated heterocycles. The van der Waals surface area contributed by atoms with Crippen molar-refractivity contribution in [2.45, 2.75) is 6.42 Å². The second kappa shape index (κ2) is 6.08. The van der Waals surface area contributed by atoms with Gasteiger partial charge in [0, 0.05) is 37.4 Å². The summed E-state index contributed by atoms with van der Waals surface area (Å²) in [5, 5.41) is 3.33. The third-order valence-electron chi connectivity index (χ3n) is 2.84. The van der Waals surface area contributed by atoms with E-state index in [0.717, 1.165) is 31.7 Å². The number of rotatable bonds is 2. The topological polar surface area (TPSA) is 58.4 Å². The molecule has 0 bridgehead atoms. The van der Waals surface area contributed by atoms with Crippen LogP contribution in [0.1, 0.15) is 12.0 Å². The van der Waals surface area contributed by atoms with Gasteiger partial charge < -0.3 is 16.0 Å². The number of carbonyl (C=O) groups is 1. The molecule has 1 aliphatic rings. The van der Waals surface area contributed by atoms with Crippen LogP contribution in [0.2, 0.25) is 0 Å². The summed E-state index contributed by atoms with van der Waals surface area (Å²) in [6.07, 6.45) is 0.111. The number of hydrogen-bond acceptors (Lipinski definition) is 3. The maximum atomic E-state index is 10.6. The minimum atomic E-state index is -0.389. The smallest absolute Gasteiger partial charge is 0.229 e. The van der Waals surface area contributed by atoms with Crippen LogP contribution < -0.4 is 16.0 Å². The number of primary amides is 1. The lowest BCUT2D eigenvalue weighted by Crippen LogP contribution is -2.43. The van der Waals surface area contributed by atoms with Crippen molar-refractivity contribution < 1.29 is 4.79 Å². The van der Waals surface area contributed by atoms with E-state index in [1.54, 1.807) is 0 Å². The second-order valence-electron chi connectivity index (χ2n) is 4.23. The summed E-state index contributed by atoms with van der Waals surface area (Å²) in [6.45, 7) is 4.12. The molecule has 0 unspecified atom stereocenters. The van der Waals surface area contributed by atoms with Gasteiger partial charge in [0.2, 0.25) is 5.91 Å². The van der Waals surface area contributed by atoms with Crippen molar-refractivity contribution in [1.29, 1.82) is 0 Å². The summed E-state index contributed by atoms with van der Waals surface area (Å²) in [5.74, 6) is 5.29. The first-order valence-electron chi connectivity index (χ1n) is 6.08. The monoisotopic (exact) mass is 243 g/mol. The fourth-order valence-electron chi connectivity index (χ4n) is 1.91. The molecule has 0 atom stereocenters. The average molecular weight is 243 g/mol. The van der Waals surface area contributed by atoms with Gasteiger partial charge in [-0.1, -0.05) is 11.8 Å². The molecule has 1 heterocycles. The van der Waals surface area contributed by atoms with Gasteiger partial charge in [0.05, 0.1) is 6.42 Å². The number of nitrogens with one attached hydrogen (secondary N) is 1. The highest BCUT2D eigenvalue weighted by Crippen LogP contribution is 2.15. The molecule has 0 spiro atoms. The van der Waals surface area contributed by atoms with Gasteiger partial charge in [-0.3, -0.25) is 4.79 Å². The van der Waals surface area contributed by atoms with Crippen molar-refractivity contribution in [3.05, 3.63) is 29.8 Å². The Morgan fingerprint density at radius 1 is 1.28 bits per heavy atom. The summed E-state index contributed by atoms with van der Waals surface area (Å²) < 4.78 is 0. The Balaban J connectivity index is 1.99. The largest absolute Gasteiger partial charge is 0.369 e. The Morgan fingerprint density at radius 3 is 2.56 bits per heavy atom. The highest BCUT2D eigenvalue weighted by Gasteiger charge is 2.09. The highest BCUT2D eigenvalue weighted by molar-refractivity contribution is 5.76. The number of carbonyl (C=O) groups excluding carboxylic acids is 1. The van der Waals surface area contributed by atoms with Crippen molar-refractivity contribution in [3.63, 3.8) is 0 Å². The number of nitrogens with zero attached hydrogens (tertiary/aromatic N) is 1. The lowest BCUT2D eigenvalue weighted by molar-refractivity contribution is -0.117. The number of hydrogen-bond donors (Lipinski definition) is 2. The normalized spacial score (nSPS) is 14.8. The molecular weight excluding hydrogens is 226 g/mol. The Kier molecular flexibility index (Phi) is 4.21. The predicted octanol–water partition coefficient (Wildman–Crippen LogP) is 0.323. The van der Waals surface area contributed by atoms with Crippen molar-refractivity contribution >= 4 is 11.6 Å². The Labute approximate surface area is 107 Å². The average Bonchev–Trinajstić information content (AvgIpc) is 2.40. The summed E-state index contributed by atoms with van der Waals surface area (Å²) >= 11 is 0. The molecule has 1 aromatic rings. The van der Waals surface area contributed by atoms with E-state index >= 15 is 0 Å². The standard InChI is InChI=1S/C14H17N3O/c15-14(18)3-1-2-12-4-6-13(7-5-12)17-10-8-16-9-11-17/h4-7,16H,3,8-11H2,(H2,15,18). The van der Waals surface area contributed by atoms with Crippen molar-refractivity contribution in [1.82, 2.24) is 5.32 Å². The van der Waals surface area contributed by atoms with E-state index in [2.05, 4.69) is 34.2 Å². The molecular formula is C14H17N3O. The molecule has 3 N–H and O–H groups in total. The first kappa shape index (κ1) is 12.5. The first-order chi connectivity index (χ1) is 8.75. The van der Waals surface area contributed by atoms with Gasteiger partial charge in [0.25, 0.3) is 0 Å². The zero-order chi connectivity index (χ0) is 12.8. The molecule has 18 heavy (non-hydrogen) atoms. The van der Waals surface area contributed by atoms with E-state index in [0.29, 0.717) is 0 Å². The molecule has 4 nitrogen and oxygen atoms in total. The van der Waals surface area contributed by atoms with E-state index < -0.39 is 0 Å². The summed E-state index contributed by atoms with van der Waals surface area (Å²) in [7, 11) is 0. The summed E-state index contributed by atoms with van der Waals surface area (Å²) in [6, 6.07) is 8.09. The summed E-state index contributed by atoms with van der Waals surface area (Å²) in [5.41, 5.74) is 7.16. The van der Waals surface area contributed by atoms with Crippen LogP contribution in [0.5, 0.6) is 0 Å². The van der Waals surface area contributed by atoms with Gasteiger partial charge in [0.1, 0.15) is 0 Å². The number of amides is 1. The molecule has 0 radical (unpaired) electrons. The lowest BCUT2D eigenvalue weighted by Gasteiger charge is -2.29. The Hall–Kier alpha value is -1.99. The van der Waals surface area contributed by atoms with Crippen LogP contribution in [-0.2, 0) is 4.79 Å². The molecule has 4 heteroatoms. The van der Waals surface area contributed by atoms with Crippen LogP contribution in [0.15, 0.2) is 24.3 Å². The fraction of sp³-hybridized carbons (Fsp3) is 0.357. The fourth-order valence-corrected chi connectivity index (χ4v) is 1.91. The van der Waals surface area contributed by atoms with E-state index in [-0.39, 0.29) is 12.3 Å². The van der Waals surface area contributed by atoms with Crippen molar-refractivity contribution in [2.75, 3.05) is 31.1 Å². The Morgan fingerprint density at radius 2 is 1.94 bits per heavy atom. The van der Waals surface area contributed by atoms with Gasteiger partial charge >= 0.3 is 0 Å². The van der Waals surface area contributed by atoms with Crippen LogP contribution in [0, 0.1) is 11.8 Å². The number of piperazine rings is 1. The van der Waals surface area contributed by atoms with E-state index in [9.17, 15) is 4.79 Å². The second-order valence-corrected chi connectivity index (χ2v) is 4.23. The molecule has 1 aliphatic heterocycles. The van der Waals surface area contributed by atoms with Gasteiger partial charge in [0.15, 0.2) is 0 Å². The minimum absolute atomic E-state index is 0.111. The number of nitrogens with two attached hydrogens (primary N) is 1. The van der Waals surface area contributed by atoms with Crippen LogP contribution in [0.3, 0.4) is 0 Å². The van der Waals surface area contributed by atoms with Crippen LogP contribution >= 0.6 is 0 Å². The molecule has 1 fully saturated rings. The van der Waals surface area contributed by atoms with Crippen LogP contribution in [0.25, 0.3) is 0 Å². The van der Waals surface area contributed by atoms with Gasteiger partial charge in [-0.05, 0) is 24.3 Å². The Bertz CT molecular complexity index is 464. The van der Waals surface area contributed by atoms with Crippen molar-refractivity contribution in [3.8, 4) is 11.8 Å². The third kappa shape index (κ3) is 3.51. The first-order valence-corrected chi connectivity index (χ1v) is 6.08. The molecule has 94 valence electrons. The number of benzene rings is 1. The van der Waals surface area contributed by atoms with Crippen LogP contribution in [-0.4, -0.2) is 32.1 Å². The predicted molar refractivity (Wildman–Crippen MR) is 72.2 cm³/mol. The molecule has 1 amide bonds. The summed E-state index contributed by atoms with van der Waals surface area (Å²) in [4.78, 5) is 12.9. The molecule has 0 aromatic heterocycles. The maximum Gasteiger partial charge on any atom is 0.229 e. The molecule has 0 aliphatic carbocycles. The van der Waals surface area contributed by atoms with E-state index in [4.69, 9.17) is 5.73 Å². The molecule has 0 saturated carbocycles. The van der Waals surface area contributed by atoms with E-state index in [1.165, 1.54) is 5.69 Å². The number of anilines is 1. The van der Waals surface area contributed by atoms with Crippen LogP contribution in [0.4, 0.5) is 5.69 Å². The maximum absolute atomic E-state index is 10.6. The SMILES string of the molecule is NC(=O)CC#Cc1ccc(N2CCNCC2)cc1. The zero-order valence-electron chi connectivity index (χ0n) is 10.3.